The topological polar surface area (TPSA) is 57.5 Å². The zero-order chi connectivity index (χ0) is 19.2. The van der Waals surface area contributed by atoms with Crippen LogP contribution in [0.25, 0.3) is 0 Å². The van der Waals surface area contributed by atoms with E-state index in [1.807, 2.05) is 31.5 Å². The SMILES string of the molecule is CCNC(=NCCCn1nc(C)cc1C)NC1CCN(CC(F)(F)F)C1.I. The van der Waals surface area contributed by atoms with Crippen molar-refractivity contribution in [2.45, 2.75) is 52.4 Å². The molecule has 1 unspecified atom stereocenters. The van der Waals surface area contributed by atoms with Crippen LogP contribution in [-0.4, -0.2) is 65.6 Å². The predicted octanol–water partition coefficient (Wildman–Crippen LogP) is 2.70. The summed E-state index contributed by atoms with van der Waals surface area (Å²) in [6, 6.07) is 2.04. The second-order valence-corrected chi connectivity index (χ2v) is 6.74. The molecule has 0 amide bonds. The van der Waals surface area contributed by atoms with E-state index in [9.17, 15) is 13.2 Å². The fourth-order valence-corrected chi connectivity index (χ4v) is 3.17. The Morgan fingerprint density at radius 2 is 2.11 bits per heavy atom. The quantitative estimate of drug-likeness (QED) is 0.261. The lowest BCUT2D eigenvalue weighted by atomic mass is 10.3. The Balaban J connectivity index is 0.00000364. The van der Waals surface area contributed by atoms with Crippen molar-refractivity contribution in [1.82, 2.24) is 25.3 Å². The van der Waals surface area contributed by atoms with Crippen molar-refractivity contribution in [3.05, 3.63) is 17.5 Å². The summed E-state index contributed by atoms with van der Waals surface area (Å²) in [6.45, 7) is 8.10. The van der Waals surface area contributed by atoms with Gasteiger partial charge in [0.2, 0.25) is 0 Å². The van der Waals surface area contributed by atoms with Gasteiger partial charge in [-0.05, 0) is 39.7 Å². The molecule has 0 aromatic carbocycles. The minimum Gasteiger partial charge on any atom is -0.357 e. The Labute approximate surface area is 176 Å². The van der Waals surface area contributed by atoms with Crippen LogP contribution < -0.4 is 10.6 Å². The summed E-state index contributed by atoms with van der Waals surface area (Å²) in [4.78, 5) is 5.98. The molecule has 0 radical (unpaired) electrons. The van der Waals surface area contributed by atoms with Gasteiger partial charge >= 0.3 is 6.18 Å². The number of alkyl halides is 3. The zero-order valence-corrected chi connectivity index (χ0v) is 18.5. The van der Waals surface area contributed by atoms with E-state index in [1.165, 1.54) is 4.90 Å². The molecule has 1 aromatic rings. The van der Waals surface area contributed by atoms with Crippen molar-refractivity contribution >= 4 is 29.9 Å². The molecule has 2 rings (SSSR count). The number of aromatic nitrogens is 2. The molecule has 1 aliphatic rings. The van der Waals surface area contributed by atoms with E-state index in [0.29, 0.717) is 38.6 Å². The van der Waals surface area contributed by atoms with Crippen molar-refractivity contribution in [3.8, 4) is 0 Å². The number of hydrogen-bond donors (Lipinski definition) is 2. The molecule has 0 saturated carbocycles. The fraction of sp³-hybridized carbons (Fsp3) is 0.765. The van der Waals surface area contributed by atoms with Crippen molar-refractivity contribution in [2.75, 3.05) is 32.7 Å². The summed E-state index contributed by atoms with van der Waals surface area (Å²) < 4.78 is 39.4. The molecule has 1 saturated heterocycles. The molecular weight excluding hydrogens is 472 g/mol. The van der Waals surface area contributed by atoms with Gasteiger partial charge in [0.25, 0.3) is 0 Å². The van der Waals surface area contributed by atoms with Gasteiger partial charge in [-0.2, -0.15) is 18.3 Å². The lowest BCUT2D eigenvalue weighted by Crippen LogP contribution is -2.45. The van der Waals surface area contributed by atoms with Crippen LogP contribution in [0.3, 0.4) is 0 Å². The number of hydrogen-bond acceptors (Lipinski definition) is 3. The third-order valence-electron chi connectivity index (χ3n) is 4.26. The Morgan fingerprint density at radius 3 is 2.70 bits per heavy atom. The average Bonchev–Trinajstić information content (AvgIpc) is 3.08. The Kier molecular flexibility index (Phi) is 9.85. The van der Waals surface area contributed by atoms with E-state index in [-0.39, 0.29) is 30.0 Å². The van der Waals surface area contributed by atoms with E-state index >= 15 is 0 Å². The summed E-state index contributed by atoms with van der Waals surface area (Å²) in [5.74, 6) is 0.666. The first kappa shape index (κ1) is 24.0. The number of likely N-dealkylation sites (tertiary alicyclic amines) is 1. The predicted molar refractivity (Wildman–Crippen MR) is 112 cm³/mol. The van der Waals surface area contributed by atoms with Crippen LogP contribution in [0.5, 0.6) is 0 Å². The molecular formula is C17H30F3IN6. The summed E-state index contributed by atoms with van der Waals surface area (Å²) in [7, 11) is 0. The highest BCUT2D eigenvalue weighted by molar-refractivity contribution is 14.0. The number of nitrogens with zero attached hydrogens (tertiary/aromatic N) is 4. The summed E-state index contributed by atoms with van der Waals surface area (Å²) in [6.07, 6.45) is -2.61. The molecule has 2 N–H and O–H groups in total. The van der Waals surface area contributed by atoms with Crippen molar-refractivity contribution in [3.63, 3.8) is 0 Å². The Bertz CT molecular complexity index is 602. The Morgan fingerprint density at radius 1 is 1.37 bits per heavy atom. The number of guanidine groups is 1. The molecule has 6 nitrogen and oxygen atoms in total. The first-order chi connectivity index (χ1) is 12.3. The molecule has 10 heteroatoms. The third-order valence-corrected chi connectivity index (χ3v) is 4.26. The normalized spacial score (nSPS) is 18.4. The van der Waals surface area contributed by atoms with Gasteiger partial charge < -0.3 is 10.6 Å². The molecule has 0 spiro atoms. The van der Waals surface area contributed by atoms with Gasteiger partial charge in [0, 0.05) is 44.5 Å². The van der Waals surface area contributed by atoms with E-state index in [0.717, 1.165) is 24.4 Å². The van der Waals surface area contributed by atoms with Gasteiger partial charge in [0.15, 0.2) is 5.96 Å². The molecule has 27 heavy (non-hydrogen) atoms. The van der Waals surface area contributed by atoms with Crippen LogP contribution in [0.4, 0.5) is 13.2 Å². The lowest BCUT2D eigenvalue weighted by Gasteiger charge is -2.19. The zero-order valence-electron chi connectivity index (χ0n) is 16.1. The second kappa shape index (κ2) is 11.1. The highest BCUT2D eigenvalue weighted by atomic mass is 127. The maximum Gasteiger partial charge on any atom is 0.401 e. The van der Waals surface area contributed by atoms with Crippen LogP contribution in [0, 0.1) is 13.8 Å². The minimum absolute atomic E-state index is 0. The second-order valence-electron chi connectivity index (χ2n) is 6.74. The number of aliphatic imine (C=N–C) groups is 1. The van der Waals surface area contributed by atoms with E-state index < -0.39 is 12.7 Å². The third kappa shape index (κ3) is 8.67. The Hall–Kier alpha value is -1.04. The fourth-order valence-electron chi connectivity index (χ4n) is 3.17. The van der Waals surface area contributed by atoms with Crippen molar-refractivity contribution < 1.29 is 13.2 Å². The molecule has 0 bridgehead atoms. The van der Waals surface area contributed by atoms with Gasteiger partial charge in [-0.25, -0.2) is 0 Å². The molecule has 0 aliphatic carbocycles. The van der Waals surface area contributed by atoms with Gasteiger partial charge in [0.1, 0.15) is 0 Å². The largest absolute Gasteiger partial charge is 0.401 e. The molecule has 2 heterocycles. The van der Waals surface area contributed by atoms with Crippen LogP contribution in [0.1, 0.15) is 31.2 Å². The molecule has 1 fully saturated rings. The van der Waals surface area contributed by atoms with E-state index in [2.05, 4.69) is 20.7 Å². The average molecular weight is 502 g/mol. The highest BCUT2D eigenvalue weighted by Gasteiger charge is 2.34. The maximum atomic E-state index is 12.5. The standard InChI is InChI=1S/C17H29F3N6.HI/c1-4-21-16(22-7-5-8-26-14(3)10-13(2)24-26)23-15-6-9-25(11-15)12-17(18,19)20;/h10,15H,4-9,11-12H2,1-3H3,(H2,21,22,23);1H. The first-order valence-corrected chi connectivity index (χ1v) is 9.12. The van der Waals surface area contributed by atoms with E-state index in [4.69, 9.17) is 0 Å². The maximum absolute atomic E-state index is 12.5. The van der Waals surface area contributed by atoms with Gasteiger partial charge in [-0.15, -0.1) is 24.0 Å². The van der Waals surface area contributed by atoms with Crippen LogP contribution in [0.15, 0.2) is 11.1 Å². The van der Waals surface area contributed by atoms with Crippen LogP contribution in [-0.2, 0) is 6.54 Å². The summed E-state index contributed by atoms with van der Waals surface area (Å²) in [5, 5.41) is 10.8. The first-order valence-electron chi connectivity index (χ1n) is 9.12. The lowest BCUT2D eigenvalue weighted by molar-refractivity contribution is -0.143. The van der Waals surface area contributed by atoms with Crippen LogP contribution in [0.2, 0.25) is 0 Å². The number of rotatable bonds is 7. The van der Waals surface area contributed by atoms with Gasteiger partial charge in [-0.3, -0.25) is 14.6 Å². The smallest absolute Gasteiger partial charge is 0.357 e. The van der Waals surface area contributed by atoms with Crippen LogP contribution >= 0.6 is 24.0 Å². The summed E-state index contributed by atoms with van der Waals surface area (Å²) in [5.41, 5.74) is 2.14. The van der Waals surface area contributed by atoms with Gasteiger partial charge in [-0.1, -0.05) is 0 Å². The minimum atomic E-state index is -4.14. The van der Waals surface area contributed by atoms with Crippen molar-refractivity contribution in [1.29, 1.82) is 0 Å². The molecule has 1 aliphatic heterocycles. The number of halogens is 4. The van der Waals surface area contributed by atoms with Gasteiger partial charge in [0.05, 0.1) is 12.2 Å². The number of aryl methyl sites for hydroxylation is 3. The molecule has 1 atom stereocenters. The summed E-state index contributed by atoms with van der Waals surface area (Å²) >= 11 is 0. The van der Waals surface area contributed by atoms with E-state index in [1.54, 1.807) is 0 Å². The highest BCUT2D eigenvalue weighted by Crippen LogP contribution is 2.19. The van der Waals surface area contributed by atoms with Crippen molar-refractivity contribution in [2.24, 2.45) is 4.99 Å². The molecule has 156 valence electrons. The molecule has 1 aromatic heterocycles. The monoisotopic (exact) mass is 502 g/mol. The number of nitrogens with one attached hydrogen (secondary N) is 2.